The Kier molecular flexibility index (Phi) is 5.40. The van der Waals surface area contributed by atoms with E-state index in [1.54, 1.807) is 0 Å². The van der Waals surface area contributed by atoms with Crippen molar-refractivity contribution in [2.75, 3.05) is 0 Å². The minimum absolute atomic E-state index is 0.596. The standard InChI is InChI=1S/C34H28N2S/c1-21(2)16-26-19-30-24(20-36-26)12-13-28-32-31(37-34(28)30)14-15-35-33(32)25-17-23-10-6-7-11-27(23)29(18-25)22-8-4-3-5-9-22/h3-11,14-15,17-21H,12-13,16H2,1-2H3. The molecule has 0 bridgehead atoms. The summed E-state index contributed by atoms with van der Waals surface area (Å²) in [5.41, 5.74) is 10.2. The van der Waals surface area contributed by atoms with Crippen LogP contribution in [0, 0.1) is 5.92 Å². The number of aryl methyl sites for hydroxylation is 2. The molecular weight excluding hydrogens is 468 g/mol. The normalized spacial score (nSPS) is 12.7. The van der Waals surface area contributed by atoms with Gasteiger partial charge in [-0.2, -0.15) is 0 Å². The summed E-state index contributed by atoms with van der Waals surface area (Å²) < 4.78 is 1.32. The van der Waals surface area contributed by atoms with Crippen molar-refractivity contribution in [3.8, 4) is 32.8 Å². The molecule has 7 rings (SSSR count). The number of thiophene rings is 1. The first-order chi connectivity index (χ1) is 18.2. The lowest BCUT2D eigenvalue weighted by Crippen LogP contribution is -2.05. The molecule has 0 saturated heterocycles. The van der Waals surface area contributed by atoms with Crippen LogP contribution in [0.25, 0.3) is 53.7 Å². The smallest absolute Gasteiger partial charge is 0.0792 e. The van der Waals surface area contributed by atoms with Gasteiger partial charge in [-0.1, -0.05) is 68.4 Å². The average Bonchev–Trinajstić information content (AvgIpc) is 3.32. The minimum Gasteiger partial charge on any atom is -0.261 e. The van der Waals surface area contributed by atoms with E-state index >= 15 is 0 Å². The first-order valence-corrected chi connectivity index (χ1v) is 13.9. The van der Waals surface area contributed by atoms with Crippen LogP contribution in [0.5, 0.6) is 0 Å². The van der Waals surface area contributed by atoms with Gasteiger partial charge in [0.1, 0.15) is 0 Å². The summed E-state index contributed by atoms with van der Waals surface area (Å²) in [6, 6.07) is 28.6. The van der Waals surface area contributed by atoms with E-state index in [9.17, 15) is 0 Å². The van der Waals surface area contributed by atoms with Crippen LogP contribution in [0.15, 0.2) is 91.3 Å². The van der Waals surface area contributed by atoms with Crippen LogP contribution in [0.4, 0.5) is 0 Å². The highest BCUT2D eigenvalue weighted by molar-refractivity contribution is 7.22. The fourth-order valence-electron chi connectivity index (χ4n) is 5.81. The zero-order valence-electron chi connectivity index (χ0n) is 21.2. The molecule has 3 heteroatoms. The molecule has 0 N–H and O–H groups in total. The van der Waals surface area contributed by atoms with E-state index in [1.807, 2.05) is 17.5 Å². The van der Waals surface area contributed by atoms with Gasteiger partial charge in [-0.25, -0.2) is 0 Å². The van der Waals surface area contributed by atoms with Crippen molar-refractivity contribution in [1.82, 2.24) is 9.97 Å². The third kappa shape index (κ3) is 3.86. The zero-order chi connectivity index (χ0) is 24.9. The molecule has 0 unspecified atom stereocenters. The third-order valence-electron chi connectivity index (χ3n) is 7.47. The Morgan fingerprint density at radius 1 is 0.811 bits per heavy atom. The monoisotopic (exact) mass is 496 g/mol. The topological polar surface area (TPSA) is 25.8 Å². The molecule has 180 valence electrons. The number of benzene rings is 3. The second-order valence-electron chi connectivity index (χ2n) is 10.5. The van der Waals surface area contributed by atoms with Gasteiger partial charge in [0, 0.05) is 38.6 Å². The number of nitrogens with zero attached hydrogens (tertiary/aromatic N) is 2. The van der Waals surface area contributed by atoms with Gasteiger partial charge in [0.2, 0.25) is 0 Å². The Bertz CT molecular complexity index is 1780. The molecule has 2 nitrogen and oxygen atoms in total. The molecule has 0 radical (unpaired) electrons. The highest BCUT2D eigenvalue weighted by atomic mass is 32.1. The Morgan fingerprint density at radius 2 is 1.65 bits per heavy atom. The van der Waals surface area contributed by atoms with Gasteiger partial charge < -0.3 is 0 Å². The predicted octanol–water partition coefficient (Wildman–Crippen LogP) is 9.14. The summed E-state index contributed by atoms with van der Waals surface area (Å²) in [6.45, 7) is 4.52. The summed E-state index contributed by atoms with van der Waals surface area (Å²) >= 11 is 1.92. The Morgan fingerprint density at radius 3 is 2.51 bits per heavy atom. The van der Waals surface area contributed by atoms with Gasteiger partial charge in [0.25, 0.3) is 0 Å². The molecule has 0 amide bonds. The van der Waals surface area contributed by atoms with Crippen molar-refractivity contribution in [3.05, 3.63) is 108 Å². The van der Waals surface area contributed by atoms with E-state index in [0.29, 0.717) is 5.92 Å². The van der Waals surface area contributed by atoms with Gasteiger partial charge in [0.15, 0.2) is 0 Å². The number of hydrogen-bond acceptors (Lipinski definition) is 3. The summed E-state index contributed by atoms with van der Waals surface area (Å²) in [5.74, 6) is 0.596. The van der Waals surface area contributed by atoms with Crippen LogP contribution < -0.4 is 0 Å². The van der Waals surface area contributed by atoms with Gasteiger partial charge in [-0.15, -0.1) is 11.3 Å². The highest BCUT2D eigenvalue weighted by Crippen LogP contribution is 2.47. The number of rotatable bonds is 4. The van der Waals surface area contributed by atoms with Gasteiger partial charge >= 0.3 is 0 Å². The fraction of sp³-hybridized carbons (Fsp3) is 0.176. The van der Waals surface area contributed by atoms with Crippen molar-refractivity contribution in [2.45, 2.75) is 33.1 Å². The maximum absolute atomic E-state index is 5.01. The summed E-state index contributed by atoms with van der Waals surface area (Å²) in [7, 11) is 0. The van der Waals surface area contributed by atoms with Crippen LogP contribution in [0.1, 0.15) is 30.7 Å². The Hall–Kier alpha value is -3.82. The second kappa shape index (κ2) is 8.93. The summed E-state index contributed by atoms with van der Waals surface area (Å²) in [6.07, 6.45) is 7.18. The third-order valence-corrected chi connectivity index (χ3v) is 8.70. The molecule has 3 heterocycles. The van der Waals surface area contributed by atoms with Crippen LogP contribution in [0.3, 0.4) is 0 Å². The number of pyridine rings is 2. The molecule has 3 aromatic heterocycles. The van der Waals surface area contributed by atoms with E-state index in [0.717, 1.165) is 25.0 Å². The van der Waals surface area contributed by atoms with Crippen LogP contribution in [0.2, 0.25) is 0 Å². The lowest BCUT2D eigenvalue weighted by Gasteiger charge is -2.18. The van der Waals surface area contributed by atoms with E-state index in [2.05, 4.69) is 98.9 Å². The molecule has 1 aliphatic carbocycles. The number of hydrogen-bond donors (Lipinski definition) is 0. The fourth-order valence-corrected chi connectivity index (χ4v) is 7.11. The number of fused-ring (bicyclic) bond motifs is 6. The van der Waals surface area contributed by atoms with Crippen LogP contribution in [-0.2, 0) is 19.3 Å². The van der Waals surface area contributed by atoms with Crippen LogP contribution >= 0.6 is 11.3 Å². The molecule has 1 aliphatic rings. The molecule has 0 aliphatic heterocycles. The highest BCUT2D eigenvalue weighted by Gasteiger charge is 2.24. The first kappa shape index (κ1) is 22.4. The average molecular weight is 497 g/mol. The predicted molar refractivity (Wildman–Crippen MR) is 157 cm³/mol. The van der Waals surface area contributed by atoms with Crippen LogP contribution in [-0.4, -0.2) is 9.97 Å². The van der Waals surface area contributed by atoms with Crippen molar-refractivity contribution < 1.29 is 0 Å². The maximum Gasteiger partial charge on any atom is 0.0792 e. The quantitative estimate of drug-likeness (QED) is 0.243. The molecular formula is C34H28N2S. The van der Waals surface area contributed by atoms with Gasteiger partial charge in [-0.05, 0) is 88.0 Å². The van der Waals surface area contributed by atoms with E-state index in [-0.39, 0.29) is 0 Å². The number of aromatic nitrogens is 2. The molecule has 3 aromatic carbocycles. The summed E-state index contributed by atoms with van der Waals surface area (Å²) in [5, 5.41) is 3.84. The molecule has 37 heavy (non-hydrogen) atoms. The van der Waals surface area contributed by atoms with Crippen molar-refractivity contribution in [1.29, 1.82) is 0 Å². The van der Waals surface area contributed by atoms with E-state index in [4.69, 9.17) is 9.97 Å². The largest absolute Gasteiger partial charge is 0.261 e. The van der Waals surface area contributed by atoms with Crippen molar-refractivity contribution in [3.63, 3.8) is 0 Å². The maximum atomic E-state index is 5.01. The van der Waals surface area contributed by atoms with Crippen molar-refractivity contribution >= 4 is 32.2 Å². The molecule has 0 saturated carbocycles. The molecule has 6 aromatic rings. The minimum atomic E-state index is 0.596. The van der Waals surface area contributed by atoms with E-state index < -0.39 is 0 Å². The SMILES string of the molecule is CC(C)Cc1cc2c(cn1)CCc1c-2sc2ccnc(-c3cc(-c4ccccc4)c4ccccc4c3)c12. The second-order valence-corrected chi connectivity index (χ2v) is 11.5. The molecule has 0 atom stereocenters. The van der Waals surface area contributed by atoms with Gasteiger partial charge in [0.05, 0.1) is 5.69 Å². The van der Waals surface area contributed by atoms with Gasteiger partial charge in [-0.3, -0.25) is 9.97 Å². The first-order valence-electron chi connectivity index (χ1n) is 13.1. The van der Waals surface area contributed by atoms with Crippen molar-refractivity contribution in [2.24, 2.45) is 5.92 Å². The zero-order valence-corrected chi connectivity index (χ0v) is 22.0. The molecule has 0 spiro atoms. The Balaban J connectivity index is 1.45. The molecule has 0 fully saturated rings. The lowest BCUT2D eigenvalue weighted by atomic mass is 9.88. The van der Waals surface area contributed by atoms with E-state index in [1.165, 1.54) is 64.8 Å². The Labute approximate surface area is 221 Å². The summed E-state index contributed by atoms with van der Waals surface area (Å²) in [4.78, 5) is 11.2. The lowest BCUT2D eigenvalue weighted by molar-refractivity contribution is 0.635.